The van der Waals surface area contributed by atoms with Crippen molar-refractivity contribution >= 4 is 17.5 Å². The van der Waals surface area contributed by atoms with Gasteiger partial charge in [0.2, 0.25) is 5.91 Å². The van der Waals surface area contributed by atoms with Crippen LogP contribution < -0.4 is 24.4 Å². The lowest BCUT2D eigenvalue weighted by molar-refractivity contribution is -0.123. The van der Waals surface area contributed by atoms with E-state index in [0.29, 0.717) is 18.9 Å². The summed E-state index contributed by atoms with van der Waals surface area (Å²) < 4.78 is 16.0. The van der Waals surface area contributed by atoms with Crippen LogP contribution >= 0.6 is 0 Å². The Bertz CT molecular complexity index is 805. The smallest absolute Gasteiger partial charge is 0.258 e. The quantitative estimate of drug-likeness (QED) is 0.756. The fraction of sp³-hybridized carbons (Fsp3) is 0.333. The number of rotatable bonds is 8. The molecule has 0 aromatic heterocycles. The molecule has 0 aliphatic carbocycles. The number of methoxy groups -OCH3 is 1. The van der Waals surface area contributed by atoms with Gasteiger partial charge in [0, 0.05) is 18.7 Å². The largest absolute Gasteiger partial charge is 0.497 e. The molecule has 1 heterocycles. The highest BCUT2D eigenvalue weighted by atomic mass is 16.5. The van der Waals surface area contributed by atoms with Gasteiger partial charge in [-0.25, -0.2) is 0 Å². The van der Waals surface area contributed by atoms with Crippen LogP contribution in [-0.2, 0) is 9.59 Å². The van der Waals surface area contributed by atoms with Crippen molar-refractivity contribution in [1.29, 1.82) is 0 Å². The Morgan fingerprint density at radius 3 is 2.25 bits per heavy atom. The van der Waals surface area contributed by atoms with Crippen molar-refractivity contribution in [2.75, 3.05) is 31.8 Å². The first-order valence-corrected chi connectivity index (χ1v) is 9.18. The normalized spacial score (nSPS) is 16.0. The molecule has 148 valence electrons. The molecule has 0 saturated carbocycles. The Balaban J connectivity index is 1.48. The first-order valence-electron chi connectivity index (χ1n) is 9.18. The first kappa shape index (κ1) is 19.5. The number of anilines is 1. The number of nitrogens with zero attached hydrogens (tertiary/aromatic N) is 1. The van der Waals surface area contributed by atoms with Crippen LogP contribution in [0.3, 0.4) is 0 Å². The molecule has 7 heteroatoms. The van der Waals surface area contributed by atoms with Crippen molar-refractivity contribution in [2.24, 2.45) is 0 Å². The van der Waals surface area contributed by atoms with Crippen LogP contribution in [0.15, 0.2) is 48.5 Å². The lowest BCUT2D eigenvalue weighted by Gasteiger charge is -2.17. The van der Waals surface area contributed by atoms with Gasteiger partial charge in [0.1, 0.15) is 17.2 Å². The molecule has 0 radical (unpaired) electrons. The molecule has 2 amide bonds. The summed E-state index contributed by atoms with van der Waals surface area (Å²) in [7, 11) is 1.59. The monoisotopic (exact) mass is 384 g/mol. The molecule has 28 heavy (non-hydrogen) atoms. The molecule has 2 aromatic carbocycles. The maximum absolute atomic E-state index is 12.3. The minimum Gasteiger partial charge on any atom is -0.497 e. The summed E-state index contributed by atoms with van der Waals surface area (Å²) in [6.45, 7) is 2.83. The molecule has 3 rings (SSSR count). The van der Waals surface area contributed by atoms with E-state index < -0.39 is 0 Å². The SMILES string of the molecule is CCOc1ccc(OCC(=O)NC2CC(=O)N(c3ccc(OC)cc3)C2)cc1. The Hall–Kier alpha value is -3.22. The van der Waals surface area contributed by atoms with Gasteiger partial charge < -0.3 is 24.4 Å². The second-order valence-corrected chi connectivity index (χ2v) is 6.36. The molecular formula is C21H24N2O5. The van der Waals surface area contributed by atoms with Crippen molar-refractivity contribution in [3.8, 4) is 17.2 Å². The molecule has 1 N–H and O–H groups in total. The predicted molar refractivity (Wildman–Crippen MR) is 105 cm³/mol. The number of carbonyl (C=O) groups excluding carboxylic acids is 2. The molecule has 0 bridgehead atoms. The van der Waals surface area contributed by atoms with Crippen LogP contribution in [0, 0.1) is 0 Å². The third-order valence-electron chi connectivity index (χ3n) is 4.38. The maximum Gasteiger partial charge on any atom is 0.258 e. The van der Waals surface area contributed by atoms with Gasteiger partial charge in [-0.15, -0.1) is 0 Å². The van der Waals surface area contributed by atoms with E-state index in [4.69, 9.17) is 14.2 Å². The summed E-state index contributed by atoms with van der Waals surface area (Å²) in [6.07, 6.45) is 0.265. The molecular weight excluding hydrogens is 360 g/mol. The highest BCUT2D eigenvalue weighted by Crippen LogP contribution is 2.24. The average Bonchev–Trinajstić information content (AvgIpc) is 3.07. The lowest BCUT2D eigenvalue weighted by atomic mass is 10.2. The van der Waals surface area contributed by atoms with E-state index >= 15 is 0 Å². The number of hydrogen-bond acceptors (Lipinski definition) is 5. The van der Waals surface area contributed by atoms with Crippen LogP contribution in [0.2, 0.25) is 0 Å². The summed E-state index contributed by atoms with van der Waals surface area (Å²) in [4.78, 5) is 26.1. The predicted octanol–water partition coefficient (Wildman–Crippen LogP) is 2.39. The molecule has 1 saturated heterocycles. The highest BCUT2D eigenvalue weighted by Gasteiger charge is 2.31. The average molecular weight is 384 g/mol. The number of carbonyl (C=O) groups is 2. The van der Waals surface area contributed by atoms with E-state index in [9.17, 15) is 9.59 Å². The zero-order valence-electron chi connectivity index (χ0n) is 16.0. The number of benzene rings is 2. The topological polar surface area (TPSA) is 77.1 Å². The molecule has 7 nitrogen and oxygen atoms in total. The molecule has 1 aliphatic rings. The summed E-state index contributed by atoms with van der Waals surface area (Å²) in [5.74, 6) is 1.78. The second kappa shape index (κ2) is 9.12. The van der Waals surface area contributed by atoms with Crippen LogP contribution in [0.25, 0.3) is 0 Å². The van der Waals surface area contributed by atoms with Crippen molar-refractivity contribution in [3.63, 3.8) is 0 Å². The molecule has 1 fully saturated rings. The third kappa shape index (κ3) is 4.94. The number of hydrogen-bond donors (Lipinski definition) is 1. The Morgan fingerprint density at radius 1 is 1.04 bits per heavy atom. The molecule has 1 atom stereocenters. The van der Waals surface area contributed by atoms with Gasteiger partial charge in [0.25, 0.3) is 5.91 Å². The van der Waals surface area contributed by atoms with E-state index in [-0.39, 0.29) is 30.9 Å². The lowest BCUT2D eigenvalue weighted by Crippen LogP contribution is -2.39. The van der Waals surface area contributed by atoms with Gasteiger partial charge >= 0.3 is 0 Å². The minimum atomic E-state index is -0.261. The van der Waals surface area contributed by atoms with E-state index in [0.717, 1.165) is 17.2 Å². The third-order valence-corrected chi connectivity index (χ3v) is 4.38. The Kier molecular flexibility index (Phi) is 6.37. The van der Waals surface area contributed by atoms with Crippen LogP contribution in [-0.4, -0.2) is 44.7 Å². The van der Waals surface area contributed by atoms with E-state index in [1.54, 1.807) is 48.4 Å². The van der Waals surface area contributed by atoms with Crippen LogP contribution in [0.4, 0.5) is 5.69 Å². The van der Waals surface area contributed by atoms with E-state index in [1.807, 2.05) is 19.1 Å². The summed E-state index contributed by atoms with van der Waals surface area (Å²) in [5, 5.41) is 2.86. The number of nitrogens with one attached hydrogen (secondary N) is 1. The van der Waals surface area contributed by atoms with Gasteiger partial charge in [0.15, 0.2) is 6.61 Å². The Morgan fingerprint density at radius 2 is 1.64 bits per heavy atom. The summed E-state index contributed by atoms with van der Waals surface area (Å²) >= 11 is 0. The van der Waals surface area contributed by atoms with Crippen molar-refractivity contribution in [1.82, 2.24) is 5.32 Å². The van der Waals surface area contributed by atoms with Crippen molar-refractivity contribution in [3.05, 3.63) is 48.5 Å². The van der Waals surface area contributed by atoms with Crippen molar-refractivity contribution < 1.29 is 23.8 Å². The first-order chi connectivity index (χ1) is 13.6. The minimum absolute atomic E-state index is 0.0251. The van der Waals surface area contributed by atoms with Crippen LogP contribution in [0.1, 0.15) is 13.3 Å². The fourth-order valence-electron chi connectivity index (χ4n) is 3.03. The number of ether oxygens (including phenoxy) is 3. The molecule has 0 spiro atoms. The second-order valence-electron chi connectivity index (χ2n) is 6.36. The van der Waals surface area contributed by atoms with Gasteiger partial charge in [-0.05, 0) is 55.5 Å². The summed E-state index contributed by atoms with van der Waals surface area (Å²) in [5.41, 5.74) is 0.785. The van der Waals surface area contributed by atoms with Gasteiger partial charge in [-0.3, -0.25) is 9.59 Å². The standard InChI is InChI=1S/C21H24N2O5/c1-3-27-18-8-10-19(11-9-18)28-14-20(24)22-15-12-21(25)23(13-15)16-4-6-17(26-2)7-5-16/h4-11,15H,3,12-14H2,1-2H3,(H,22,24). The molecule has 1 unspecified atom stereocenters. The fourth-order valence-corrected chi connectivity index (χ4v) is 3.03. The maximum atomic E-state index is 12.3. The van der Waals surface area contributed by atoms with Gasteiger partial charge in [-0.1, -0.05) is 0 Å². The molecule has 2 aromatic rings. The van der Waals surface area contributed by atoms with Crippen molar-refractivity contribution in [2.45, 2.75) is 19.4 Å². The molecule has 1 aliphatic heterocycles. The summed E-state index contributed by atoms with van der Waals surface area (Å²) in [6, 6.07) is 14.1. The van der Waals surface area contributed by atoms with E-state index in [2.05, 4.69) is 5.32 Å². The van der Waals surface area contributed by atoms with Gasteiger partial charge in [-0.2, -0.15) is 0 Å². The zero-order chi connectivity index (χ0) is 19.9. The highest BCUT2D eigenvalue weighted by molar-refractivity contribution is 5.97. The Labute approximate surface area is 164 Å². The van der Waals surface area contributed by atoms with Gasteiger partial charge in [0.05, 0.1) is 19.8 Å². The van der Waals surface area contributed by atoms with E-state index in [1.165, 1.54) is 0 Å². The number of amides is 2. The zero-order valence-corrected chi connectivity index (χ0v) is 16.0. The van der Waals surface area contributed by atoms with Crippen LogP contribution in [0.5, 0.6) is 17.2 Å².